The van der Waals surface area contributed by atoms with Crippen LogP contribution in [0.5, 0.6) is 5.75 Å². The average Bonchev–Trinajstić information content (AvgIpc) is 3.11. The van der Waals surface area contributed by atoms with Crippen molar-refractivity contribution in [1.82, 2.24) is 15.5 Å². The summed E-state index contributed by atoms with van der Waals surface area (Å²) in [6.45, 7) is 1.47. The fourth-order valence-corrected chi connectivity index (χ4v) is 2.51. The predicted octanol–water partition coefficient (Wildman–Crippen LogP) is 3.47. The molecule has 0 fully saturated rings. The molecule has 0 radical (unpaired) electrons. The molecular formula is C19H21N3O2. The summed E-state index contributed by atoms with van der Waals surface area (Å²) >= 11 is 0. The summed E-state index contributed by atoms with van der Waals surface area (Å²) in [7, 11) is 1.63. The van der Waals surface area contributed by atoms with Crippen molar-refractivity contribution in [2.75, 3.05) is 13.7 Å². The van der Waals surface area contributed by atoms with Gasteiger partial charge in [-0.3, -0.25) is 0 Å². The lowest BCUT2D eigenvalue weighted by Crippen LogP contribution is -2.15. The Bertz CT molecular complexity index is 756. The highest BCUT2D eigenvalue weighted by Crippen LogP contribution is 2.28. The van der Waals surface area contributed by atoms with Crippen LogP contribution in [0.25, 0.3) is 11.5 Å². The standard InChI is InChI=1S/C19H21N3O2/c1-23-17-12-6-5-11-16(17)19-22-21-18(24-19)14-20-13-7-10-15-8-3-2-4-9-15/h2-6,8-9,11-12,20H,7,10,13-14H2,1H3. The van der Waals surface area contributed by atoms with Crippen molar-refractivity contribution in [1.29, 1.82) is 0 Å². The Morgan fingerprint density at radius 2 is 1.79 bits per heavy atom. The molecule has 3 aromatic rings. The highest BCUT2D eigenvalue weighted by molar-refractivity contribution is 5.62. The molecule has 0 saturated carbocycles. The van der Waals surface area contributed by atoms with Crippen molar-refractivity contribution in [3.8, 4) is 17.2 Å². The van der Waals surface area contributed by atoms with Gasteiger partial charge in [0.2, 0.25) is 5.89 Å². The van der Waals surface area contributed by atoms with Gasteiger partial charge in [-0.2, -0.15) is 0 Å². The summed E-state index contributed by atoms with van der Waals surface area (Å²) in [5, 5.41) is 11.5. The van der Waals surface area contributed by atoms with Crippen LogP contribution in [0.3, 0.4) is 0 Å². The molecule has 3 rings (SSSR count). The number of nitrogens with zero attached hydrogens (tertiary/aromatic N) is 2. The van der Waals surface area contributed by atoms with E-state index < -0.39 is 0 Å². The maximum atomic E-state index is 5.71. The number of hydrogen-bond donors (Lipinski definition) is 1. The van der Waals surface area contributed by atoms with Crippen LogP contribution in [-0.2, 0) is 13.0 Å². The number of ether oxygens (including phenoxy) is 1. The summed E-state index contributed by atoms with van der Waals surface area (Å²) in [5.41, 5.74) is 2.17. The van der Waals surface area contributed by atoms with Gasteiger partial charge >= 0.3 is 0 Å². The number of benzene rings is 2. The first-order chi connectivity index (χ1) is 11.9. The predicted molar refractivity (Wildman–Crippen MR) is 92.8 cm³/mol. The van der Waals surface area contributed by atoms with Gasteiger partial charge in [-0.15, -0.1) is 10.2 Å². The minimum Gasteiger partial charge on any atom is -0.496 e. The molecule has 5 heteroatoms. The lowest BCUT2D eigenvalue weighted by molar-refractivity contribution is 0.413. The molecule has 0 saturated heterocycles. The molecule has 0 unspecified atom stereocenters. The topological polar surface area (TPSA) is 60.2 Å². The molecule has 0 amide bonds. The van der Waals surface area contributed by atoms with Gasteiger partial charge in [0.1, 0.15) is 5.75 Å². The maximum absolute atomic E-state index is 5.71. The van der Waals surface area contributed by atoms with Gasteiger partial charge in [0, 0.05) is 0 Å². The number of hydrogen-bond acceptors (Lipinski definition) is 5. The van der Waals surface area contributed by atoms with Gasteiger partial charge in [-0.05, 0) is 37.1 Å². The summed E-state index contributed by atoms with van der Waals surface area (Å²) in [5.74, 6) is 1.78. The van der Waals surface area contributed by atoms with Crippen LogP contribution in [-0.4, -0.2) is 23.9 Å². The Hall–Kier alpha value is -2.66. The number of nitrogens with one attached hydrogen (secondary N) is 1. The van der Waals surface area contributed by atoms with Gasteiger partial charge in [0.15, 0.2) is 0 Å². The van der Waals surface area contributed by atoms with E-state index in [1.54, 1.807) is 7.11 Å². The highest BCUT2D eigenvalue weighted by atomic mass is 16.5. The van der Waals surface area contributed by atoms with E-state index in [0.717, 1.165) is 30.7 Å². The van der Waals surface area contributed by atoms with E-state index in [4.69, 9.17) is 9.15 Å². The van der Waals surface area contributed by atoms with E-state index in [1.165, 1.54) is 5.56 Å². The third-order valence-electron chi connectivity index (χ3n) is 3.74. The van der Waals surface area contributed by atoms with Crippen LogP contribution in [0.2, 0.25) is 0 Å². The number of rotatable bonds is 8. The third kappa shape index (κ3) is 4.20. The molecule has 1 aromatic heterocycles. The van der Waals surface area contributed by atoms with Crippen molar-refractivity contribution in [3.05, 3.63) is 66.1 Å². The minimum absolute atomic E-state index is 0.480. The van der Waals surface area contributed by atoms with Crippen molar-refractivity contribution >= 4 is 0 Å². The van der Waals surface area contributed by atoms with E-state index in [0.29, 0.717) is 18.3 Å². The smallest absolute Gasteiger partial charge is 0.251 e. The van der Waals surface area contributed by atoms with Crippen LogP contribution < -0.4 is 10.1 Å². The van der Waals surface area contributed by atoms with E-state index >= 15 is 0 Å². The maximum Gasteiger partial charge on any atom is 0.251 e. The summed E-state index contributed by atoms with van der Waals surface area (Å²) in [6.07, 6.45) is 2.13. The van der Waals surface area contributed by atoms with Gasteiger partial charge in [-0.1, -0.05) is 42.5 Å². The first-order valence-corrected chi connectivity index (χ1v) is 8.07. The molecule has 0 atom stereocenters. The summed E-state index contributed by atoms with van der Waals surface area (Å²) in [6, 6.07) is 18.1. The SMILES string of the molecule is COc1ccccc1-c1nnc(CNCCCc2ccccc2)o1. The van der Waals surface area contributed by atoms with Crippen molar-refractivity contribution < 1.29 is 9.15 Å². The molecular weight excluding hydrogens is 302 g/mol. The first kappa shape index (κ1) is 16.2. The Morgan fingerprint density at radius 3 is 2.62 bits per heavy atom. The molecule has 1 N–H and O–H groups in total. The molecule has 0 aliphatic rings. The van der Waals surface area contributed by atoms with Gasteiger partial charge < -0.3 is 14.5 Å². The molecule has 1 heterocycles. The Kier molecular flexibility index (Phi) is 5.58. The van der Waals surface area contributed by atoms with E-state index in [1.807, 2.05) is 30.3 Å². The molecule has 0 spiro atoms. The number of aromatic nitrogens is 2. The fraction of sp³-hybridized carbons (Fsp3) is 0.263. The number of methoxy groups -OCH3 is 1. The van der Waals surface area contributed by atoms with Gasteiger partial charge in [-0.25, -0.2) is 0 Å². The van der Waals surface area contributed by atoms with E-state index in [-0.39, 0.29) is 0 Å². The van der Waals surface area contributed by atoms with Crippen LogP contribution in [0.1, 0.15) is 17.9 Å². The highest BCUT2D eigenvalue weighted by Gasteiger charge is 2.12. The second-order valence-electron chi connectivity index (χ2n) is 5.47. The van der Waals surface area contributed by atoms with Crippen LogP contribution in [0, 0.1) is 0 Å². The Balaban J connectivity index is 1.48. The zero-order valence-electron chi connectivity index (χ0n) is 13.7. The zero-order chi connectivity index (χ0) is 16.6. The van der Waals surface area contributed by atoms with E-state index in [2.05, 4.69) is 39.8 Å². The molecule has 0 aliphatic heterocycles. The summed E-state index contributed by atoms with van der Waals surface area (Å²) < 4.78 is 11.0. The van der Waals surface area contributed by atoms with Crippen LogP contribution in [0.4, 0.5) is 0 Å². The number of aryl methyl sites for hydroxylation is 1. The third-order valence-corrected chi connectivity index (χ3v) is 3.74. The average molecular weight is 323 g/mol. The van der Waals surface area contributed by atoms with Crippen molar-refractivity contribution in [3.63, 3.8) is 0 Å². The number of para-hydroxylation sites is 1. The normalized spacial score (nSPS) is 10.7. The van der Waals surface area contributed by atoms with Gasteiger partial charge in [0.05, 0.1) is 19.2 Å². The van der Waals surface area contributed by atoms with E-state index in [9.17, 15) is 0 Å². The zero-order valence-corrected chi connectivity index (χ0v) is 13.7. The second-order valence-corrected chi connectivity index (χ2v) is 5.47. The molecule has 2 aromatic carbocycles. The molecule has 0 bridgehead atoms. The van der Waals surface area contributed by atoms with Crippen molar-refractivity contribution in [2.45, 2.75) is 19.4 Å². The van der Waals surface area contributed by atoms with Gasteiger partial charge in [0.25, 0.3) is 5.89 Å². The largest absolute Gasteiger partial charge is 0.496 e. The van der Waals surface area contributed by atoms with Crippen LogP contribution in [0.15, 0.2) is 59.0 Å². The first-order valence-electron chi connectivity index (χ1n) is 8.07. The minimum atomic E-state index is 0.480. The molecule has 5 nitrogen and oxygen atoms in total. The van der Waals surface area contributed by atoms with Crippen molar-refractivity contribution in [2.24, 2.45) is 0 Å². The molecule has 0 aliphatic carbocycles. The summed E-state index contributed by atoms with van der Waals surface area (Å²) in [4.78, 5) is 0. The lowest BCUT2D eigenvalue weighted by atomic mass is 10.1. The molecule has 124 valence electrons. The fourth-order valence-electron chi connectivity index (χ4n) is 2.51. The Morgan fingerprint density at radius 1 is 1.00 bits per heavy atom. The quantitative estimate of drug-likeness (QED) is 0.643. The second kappa shape index (κ2) is 8.26. The monoisotopic (exact) mass is 323 g/mol. The Labute approximate surface area is 141 Å². The lowest BCUT2D eigenvalue weighted by Gasteiger charge is -2.04. The molecule has 24 heavy (non-hydrogen) atoms. The van der Waals surface area contributed by atoms with Crippen LogP contribution >= 0.6 is 0 Å².